The lowest BCUT2D eigenvalue weighted by atomic mass is 9.96. The van der Waals surface area contributed by atoms with Gasteiger partial charge in [0.25, 0.3) is 0 Å². The Hall–Kier alpha value is -1.35. The number of Topliss-reactive ketones (excluding diaryl/α,β-unsaturated/α-hetero) is 1. The Balaban J connectivity index is 1.47. The van der Waals surface area contributed by atoms with Crippen LogP contribution < -0.4 is 4.74 Å². The van der Waals surface area contributed by atoms with E-state index >= 15 is 0 Å². The average Bonchev–Trinajstić information content (AvgIpc) is 3.21. The van der Waals surface area contributed by atoms with E-state index in [-0.39, 0.29) is 5.92 Å². The van der Waals surface area contributed by atoms with Crippen molar-refractivity contribution < 1.29 is 9.53 Å². The molecule has 21 heavy (non-hydrogen) atoms. The van der Waals surface area contributed by atoms with Crippen LogP contribution >= 0.6 is 0 Å². The van der Waals surface area contributed by atoms with Crippen molar-refractivity contribution in [3.8, 4) is 5.75 Å². The molecule has 0 spiro atoms. The van der Waals surface area contributed by atoms with Gasteiger partial charge in [-0.05, 0) is 63.0 Å². The van der Waals surface area contributed by atoms with Crippen LogP contribution in [0.5, 0.6) is 5.75 Å². The highest BCUT2D eigenvalue weighted by molar-refractivity contribution is 5.98. The number of benzene rings is 1. The largest absolute Gasteiger partial charge is 0.492 e. The fraction of sp³-hybridized carbons (Fsp3) is 0.611. The van der Waals surface area contributed by atoms with E-state index in [0.29, 0.717) is 5.78 Å². The number of rotatable bonds is 6. The zero-order valence-corrected chi connectivity index (χ0v) is 12.7. The number of hydrogen-bond acceptors (Lipinski definition) is 3. The third kappa shape index (κ3) is 3.85. The summed E-state index contributed by atoms with van der Waals surface area (Å²) in [5.41, 5.74) is 0.841. The molecule has 114 valence electrons. The highest BCUT2D eigenvalue weighted by Crippen LogP contribution is 2.28. The highest BCUT2D eigenvalue weighted by Gasteiger charge is 2.23. The van der Waals surface area contributed by atoms with E-state index in [0.717, 1.165) is 37.3 Å². The molecule has 1 aromatic rings. The van der Waals surface area contributed by atoms with Crippen molar-refractivity contribution in [1.29, 1.82) is 0 Å². The van der Waals surface area contributed by atoms with E-state index in [9.17, 15) is 4.79 Å². The van der Waals surface area contributed by atoms with Gasteiger partial charge in [-0.25, -0.2) is 0 Å². The molecule has 1 saturated heterocycles. The van der Waals surface area contributed by atoms with Crippen LogP contribution in [0, 0.1) is 5.92 Å². The van der Waals surface area contributed by atoms with Crippen LogP contribution in [-0.4, -0.2) is 36.9 Å². The number of ether oxygens (including phenoxy) is 1. The molecule has 0 bridgehead atoms. The molecule has 2 aliphatic rings. The van der Waals surface area contributed by atoms with Gasteiger partial charge in [0, 0.05) is 18.0 Å². The summed E-state index contributed by atoms with van der Waals surface area (Å²) < 4.78 is 5.78. The lowest BCUT2D eigenvalue weighted by Crippen LogP contribution is -2.25. The molecule has 0 atom stereocenters. The molecule has 0 amide bonds. The maximum Gasteiger partial charge on any atom is 0.165 e. The van der Waals surface area contributed by atoms with Gasteiger partial charge in [0.15, 0.2) is 5.78 Å². The normalized spacial score (nSPS) is 20.0. The van der Waals surface area contributed by atoms with Gasteiger partial charge in [-0.15, -0.1) is 0 Å². The van der Waals surface area contributed by atoms with Gasteiger partial charge in [0.05, 0.1) is 0 Å². The number of ketones is 1. The summed E-state index contributed by atoms with van der Waals surface area (Å²) in [6.07, 6.45) is 7.16. The van der Waals surface area contributed by atoms with Crippen molar-refractivity contribution in [1.82, 2.24) is 4.90 Å². The first-order valence-corrected chi connectivity index (χ1v) is 8.32. The topological polar surface area (TPSA) is 29.5 Å². The summed E-state index contributed by atoms with van der Waals surface area (Å²) in [7, 11) is 0. The quantitative estimate of drug-likeness (QED) is 0.750. The van der Waals surface area contributed by atoms with Gasteiger partial charge in [-0.1, -0.05) is 12.8 Å². The monoisotopic (exact) mass is 287 g/mol. The second-order valence-electron chi connectivity index (χ2n) is 6.27. The third-order valence-electron chi connectivity index (χ3n) is 4.74. The first-order valence-electron chi connectivity index (χ1n) is 8.32. The van der Waals surface area contributed by atoms with Crippen molar-refractivity contribution in [2.75, 3.05) is 26.2 Å². The second-order valence-corrected chi connectivity index (χ2v) is 6.27. The number of hydrogen-bond donors (Lipinski definition) is 0. The van der Waals surface area contributed by atoms with Crippen molar-refractivity contribution >= 4 is 5.78 Å². The van der Waals surface area contributed by atoms with Gasteiger partial charge >= 0.3 is 0 Å². The minimum atomic E-state index is 0.256. The Morgan fingerprint density at radius 2 is 1.71 bits per heavy atom. The van der Waals surface area contributed by atoms with Gasteiger partial charge in [-0.3, -0.25) is 9.69 Å². The Morgan fingerprint density at radius 1 is 1.05 bits per heavy atom. The molecule has 1 aromatic carbocycles. The smallest absolute Gasteiger partial charge is 0.165 e. The Morgan fingerprint density at radius 3 is 2.38 bits per heavy atom. The van der Waals surface area contributed by atoms with Crippen LogP contribution in [0.3, 0.4) is 0 Å². The standard InChI is InChI=1S/C18H25NO2/c20-18(15-5-1-2-6-15)16-7-9-17(10-8-16)21-14-13-19-11-3-4-12-19/h7-10,15H,1-6,11-14H2. The van der Waals surface area contributed by atoms with Crippen molar-refractivity contribution in [3.63, 3.8) is 0 Å². The molecule has 1 heterocycles. The van der Waals surface area contributed by atoms with Crippen molar-refractivity contribution in [2.45, 2.75) is 38.5 Å². The number of nitrogens with zero attached hydrogens (tertiary/aromatic N) is 1. The highest BCUT2D eigenvalue weighted by atomic mass is 16.5. The maximum absolute atomic E-state index is 12.3. The van der Waals surface area contributed by atoms with Crippen LogP contribution in [0.1, 0.15) is 48.9 Å². The van der Waals surface area contributed by atoms with E-state index in [2.05, 4.69) is 4.90 Å². The van der Waals surface area contributed by atoms with E-state index in [4.69, 9.17) is 4.74 Å². The van der Waals surface area contributed by atoms with E-state index in [1.165, 1.54) is 38.8 Å². The Kier molecular flexibility index (Phi) is 4.91. The van der Waals surface area contributed by atoms with E-state index in [1.807, 2.05) is 24.3 Å². The molecule has 3 rings (SSSR count). The van der Waals surface area contributed by atoms with Crippen LogP contribution in [0.15, 0.2) is 24.3 Å². The molecule has 0 aromatic heterocycles. The second kappa shape index (κ2) is 7.08. The summed E-state index contributed by atoms with van der Waals surface area (Å²) in [5.74, 6) is 1.44. The summed E-state index contributed by atoms with van der Waals surface area (Å²) in [6.45, 7) is 4.15. The van der Waals surface area contributed by atoms with Crippen LogP contribution in [0.2, 0.25) is 0 Å². The summed E-state index contributed by atoms with van der Waals surface area (Å²) in [6, 6.07) is 7.72. The molecular formula is C18H25NO2. The van der Waals surface area contributed by atoms with E-state index in [1.54, 1.807) is 0 Å². The maximum atomic E-state index is 12.3. The van der Waals surface area contributed by atoms with Gasteiger partial charge in [0.1, 0.15) is 12.4 Å². The van der Waals surface area contributed by atoms with Crippen LogP contribution in [0.25, 0.3) is 0 Å². The molecule has 1 saturated carbocycles. The molecule has 3 heteroatoms. The Bertz CT molecular complexity index is 457. The van der Waals surface area contributed by atoms with Crippen molar-refractivity contribution in [3.05, 3.63) is 29.8 Å². The molecule has 0 N–H and O–H groups in total. The SMILES string of the molecule is O=C(c1ccc(OCCN2CCCC2)cc1)C1CCCC1. The van der Waals surface area contributed by atoms with E-state index < -0.39 is 0 Å². The summed E-state index contributed by atoms with van der Waals surface area (Å²) in [5, 5.41) is 0. The molecule has 0 radical (unpaired) electrons. The molecule has 3 nitrogen and oxygen atoms in total. The van der Waals surface area contributed by atoms with Crippen LogP contribution in [-0.2, 0) is 0 Å². The first-order chi connectivity index (χ1) is 10.3. The fourth-order valence-corrected chi connectivity index (χ4v) is 3.44. The molecule has 0 unspecified atom stereocenters. The minimum Gasteiger partial charge on any atom is -0.492 e. The third-order valence-corrected chi connectivity index (χ3v) is 4.74. The van der Waals surface area contributed by atoms with Gasteiger partial charge in [0.2, 0.25) is 0 Å². The molecule has 1 aliphatic heterocycles. The van der Waals surface area contributed by atoms with Crippen LogP contribution in [0.4, 0.5) is 0 Å². The predicted octanol–water partition coefficient (Wildman–Crippen LogP) is 3.53. The molecule has 1 aliphatic carbocycles. The first kappa shape index (κ1) is 14.6. The number of carbonyl (C=O) groups excluding carboxylic acids is 1. The number of carbonyl (C=O) groups is 1. The lowest BCUT2D eigenvalue weighted by molar-refractivity contribution is 0.0923. The zero-order valence-electron chi connectivity index (χ0n) is 12.7. The predicted molar refractivity (Wildman–Crippen MR) is 83.9 cm³/mol. The molecule has 2 fully saturated rings. The number of likely N-dealkylation sites (tertiary alicyclic amines) is 1. The van der Waals surface area contributed by atoms with Gasteiger partial charge < -0.3 is 4.74 Å². The minimum absolute atomic E-state index is 0.256. The molecular weight excluding hydrogens is 262 g/mol. The summed E-state index contributed by atoms with van der Waals surface area (Å²) >= 11 is 0. The van der Waals surface area contributed by atoms with Gasteiger partial charge in [-0.2, -0.15) is 0 Å². The Labute approximate surface area is 127 Å². The lowest BCUT2D eigenvalue weighted by Gasteiger charge is -2.15. The van der Waals surface area contributed by atoms with Crippen molar-refractivity contribution in [2.24, 2.45) is 5.92 Å². The fourth-order valence-electron chi connectivity index (χ4n) is 3.44. The average molecular weight is 287 g/mol. The summed E-state index contributed by atoms with van der Waals surface area (Å²) in [4.78, 5) is 14.7. The zero-order chi connectivity index (χ0) is 14.5.